The Morgan fingerprint density at radius 1 is 1.03 bits per heavy atom. The van der Waals surface area contributed by atoms with Crippen molar-refractivity contribution in [1.82, 2.24) is 5.32 Å². The van der Waals surface area contributed by atoms with Crippen LogP contribution in [0, 0.1) is 0 Å². The molecule has 0 fully saturated rings. The highest BCUT2D eigenvalue weighted by atomic mass is 32.2. The summed E-state index contributed by atoms with van der Waals surface area (Å²) in [5.41, 5.74) is 1.03. The molecule has 0 heterocycles. The van der Waals surface area contributed by atoms with Crippen molar-refractivity contribution in [3.05, 3.63) is 77.7 Å². The zero-order valence-electron chi connectivity index (χ0n) is 20.8. The van der Waals surface area contributed by atoms with Crippen LogP contribution in [0.25, 0.3) is 0 Å². The summed E-state index contributed by atoms with van der Waals surface area (Å²) in [5.74, 6) is -1.95. The number of hydrogen-bond donors (Lipinski definition) is 2. The molecule has 1 unspecified atom stereocenters. The molecule has 2 rings (SSSR count). The van der Waals surface area contributed by atoms with Gasteiger partial charge in [-0.3, -0.25) is 9.69 Å². The number of carboxylic acid groups (broad SMARTS) is 1. The minimum Gasteiger partial charge on any atom is -0.480 e. The van der Waals surface area contributed by atoms with Gasteiger partial charge in [0.2, 0.25) is 5.91 Å². The third-order valence-electron chi connectivity index (χ3n) is 5.44. The van der Waals surface area contributed by atoms with Crippen LogP contribution in [0.1, 0.15) is 33.3 Å². The normalized spacial score (nSPS) is 13.2. The van der Waals surface area contributed by atoms with E-state index in [4.69, 9.17) is 4.74 Å². The van der Waals surface area contributed by atoms with E-state index >= 15 is 0 Å². The highest BCUT2D eigenvalue weighted by Gasteiger charge is 2.34. The SMILES string of the molecule is C=C(COC(=O)N(c1ccccc1)C(C)C(=O)N[C@@H](Cc1ccccc1)C(=O)O)S(=O)(=O)C(C)(C)C. The van der Waals surface area contributed by atoms with Gasteiger partial charge in [0.15, 0.2) is 9.84 Å². The predicted octanol–water partition coefficient (Wildman–Crippen LogP) is 3.56. The van der Waals surface area contributed by atoms with Crippen molar-refractivity contribution in [2.45, 2.75) is 50.9 Å². The van der Waals surface area contributed by atoms with Crippen LogP contribution < -0.4 is 10.2 Å². The monoisotopic (exact) mass is 516 g/mol. The zero-order chi connectivity index (χ0) is 27.1. The molecule has 2 aromatic rings. The minimum atomic E-state index is -3.79. The van der Waals surface area contributed by atoms with E-state index in [1.54, 1.807) is 60.7 Å². The van der Waals surface area contributed by atoms with Gasteiger partial charge in [0.05, 0.1) is 9.65 Å². The topological polar surface area (TPSA) is 130 Å². The largest absolute Gasteiger partial charge is 0.480 e. The van der Waals surface area contributed by atoms with Crippen LogP contribution in [0.4, 0.5) is 10.5 Å². The first-order valence-electron chi connectivity index (χ1n) is 11.3. The third kappa shape index (κ3) is 7.17. The van der Waals surface area contributed by atoms with Crippen molar-refractivity contribution in [1.29, 1.82) is 0 Å². The van der Waals surface area contributed by atoms with Gasteiger partial charge < -0.3 is 15.2 Å². The van der Waals surface area contributed by atoms with E-state index in [-0.39, 0.29) is 11.3 Å². The second kappa shape index (κ2) is 11.9. The molecule has 0 saturated heterocycles. The van der Waals surface area contributed by atoms with Crippen LogP contribution in [0.5, 0.6) is 0 Å². The number of amides is 2. The summed E-state index contributed by atoms with van der Waals surface area (Å²) in [6, 6.07) is 14.6. The number of anilines is 1. The van der Waals surface area contributed by atoms with Crippen molar-refractivity contribution in [2.24, 2.45) is 0 Å². The van der Waals surface area contributed by atoms with Gasteiger partial charge in [-0.2, -0.15) is 0 Å². The predicted molar refractivity (Wildman–Crippen MR) is 137 cm³/mol. The molecular formula is C26H32N2O7S. The number of para-hydroxylation sites is 1. The summed E-state index contributed by atoms with van der Waals surface area (Å²) in [7, 11) is -3.79. The van der Waals surface area contributed by atoms with Gasteiger partial charge in [0, 0.05) is 12.1 Å². The van der Waals surface area contributed by atoms with Crippen molar-refractivity contribution < 1.29 is 32.6 Å². The first kappa shape index (κ1) is 28.6. The molecule has 0 aliphatic heterocycles. The molecule has 0 aromatic heterocycles. The van der Waals surface area contributed by atoms with Crippen LogP contribution in [0.15, 0.2) is 72.1 Å². The smallest absolute Gasteiger partial charge is 0.415 e. The minimum absolute atomic E-state index is 0.0505. The maximum Gasteiger partial charge on any atom is 0.415 e. The van der Waals surface area contributed by atoms with E-state index in [0.717, 1.165) is 10.5 Å². The summed E-state index contributed by atoms with van der Waals surface area (Å²) in [6.07, 6.45) is -0.932. The quantitative estimate of drug-likeness (QED) is 0.494. The van der Waals surface area contributed by atoms with Gasteiger partial charge in [-0.1, -0.05) is 55.1 Å². The molecule has 36 heavy (non-hydrogen) atoms. The number of rotatable bonds is 10. The highest BCUT2D eigenvalue weighted by molar-refractivity contribution is 7.96. The standard InChI is InChI=1S/C26H32N2O7S/c1-18(36(33,34)26(3,4)5)17-35-25(32)28(21-14-10-7-11-15-21)19(2)23(29)27-22(24(30)31)16-20-12-8-6-9-13-20/h6-15,19,22H,1,16-17H2,2-5H3,(H,27,29)(H,30,31)/t19?,22-/m0/s1. The molecule has 2 atom stereocenters. The summed E-state index contributed by atoms with van der Waals surface area (Å²) in [6.45, 7) is 8.89. The molecule has 9 nitrogen and oxygen atoms in total. The van der Waals surface area contributed by atoms with Crippen molar-refractivity contribution in [2.75, 3.05) is 11.5 Å². The molecule has 2 N–H and O–H groups in total. The number of nitrogens with one attached hydrogen (secondary N) is 1. The van der Waals surface area contributed by atoms with E-state index in [1.165, 1.54) is 27.7 Å². The van der Waals surface area contributed by atoms with Gasteiger partial charge in [-0.15, -0.1) is 0 Å². The van der Waals surface area contributed by atoms with Crippen molar-refractivity contribution in [3.63, 3.8) is 0 Å². The Kier molecular flexibility index (Phi) is 9.41. The number of carboxylic acids is 1. The fraction of sp³-hybridized carbons (Fsp3) is 0.346. The van der Waals surface area contributed by atoms with Gasteiger partial charge in [0.25, 0.3) is 0 Å². The molecule has 0 spiro atoms. The van der Waals surface area contributed by atoms with Crippen LogP contribution in [-0.2, 0) is 30.6 Å². The van der Waals surface area contributed by atoms with Crippen LogP contribution in [0.2, 0.25) is 0 Å². The maximum absolute atomic E-state index is 13.1. The van der Waals surface area contributed by atoms with E-state index in [2.05, 4.69) is 11.9 Å². The number of carbonyl (C=O) groups is 3. The maximum atomic E-state index is 13.1. The van der Waals surface area contributed by atoms with Crippen molar-refractivity contribution in [3.8, 4) is 0 Å². The number of hydrogen-bond acceptors (Lipinski definition) is 6. The number of nitrogens with zero attached hydrogens (tertiary/aromatic N) is 1. The first-order chi connectivity index (χ1) is 16.8. The fourth-order valence-corrected chi connectivity index (χ4v) is 4.34. The number of carbonyl (C=O) groups excluding carboxylic acids is 2. The Morgan fingerprint density at radius 3 is 2.06 bits per heavy atom. The number of sulfone groups is 1. The summed E-state index contributed by atoms with van der Waals surface area (Å²) in [4.78, 5) is 38.7. The van der Waals surface area contributed by atoms with Gasteiger partial charge in [0.1, 0.15) is 18.7 Å². The molecular weight excluding hydrogens is 484 g/mol. The lowest BCUT2D eigenvalue weighted by Crippen LogP contribution is -2.53. The lowest BCUT2D eigenvalue weighted by Gasteiger charge is -2.29. The van der Waals surface area contributed by atoms with Crippen LogP contribution in [0.3, 0.4) is 0 Å². The van der Waals surface area contributed by atoms with Crippen molar-refractivity contribution >= 4 is 33.5 Å². The Morgan fingerprint density at radius 2 is 1.56 bits per heavy atom. The Hall–Kier alpha value is -3.66. The van der Waals surface area contributed by atoms with E-state index in [1.807, 2.05) is 0 Å². The molecule has 10 heteroatoms. The van der Waals surface area contributed by atoms with Gasteiger partial charge >= 0.3 is 12.1 Å². The Labute approximate surface area is 211 Å². The number of ether oxygens (including phenoxy) is 1. The fourth-order valence-electron chi connectivity index (χ4n) is 3.26. The van der Waals surface area contributed by atoms with E-state index < -0.39 is 51.2 Å². The molecule has 0 bridgehead atoms. The second-order valence-corrected chi connectivity index (χ2v) is 12.0. The Balaban J connectivity index is 2.23. The summed E-state index contributed by atoms with van der Waals surface area (Å²) < 4.78 is 29.2. The van der Waals surface area contributed by atoms with E-state index in [9.17, 15) is 27.9 Å². The number of aliphatic carboxylic acids is 1. The summed E-state index contributed by atoms with van der Waals surface area (Å²) in [5, 5.41) is 12.1. The molecule has 0 aliphatic rings. The molecule has 0 aliphatic carbocycles. The lowest BCUT2D eigenvalue weighted by atomic mass is 10.1. The zero-order valence-corrected chi connectivity index (χ0v) is 21.6. The molecule has 0 radical (unpaired) electrons. The molecule has 194 valence electrons. The second-order valence-electron chi connectivity index (χ2n) is 9.18. The highest BCUT2D eigenvalue weighted by Crippen LogP contribution is 2.24. The average Bonchev–Trinajstić information content (AvgIpc) is 2.82. The van der Waals surface area contributed by atoms with E-state index in [0.29, 0.717) is 5.69 Å². The first-order valence-corrected chi connectivity index (χ1v) is 12.7. The lowest BCUT2D eigenvalue weighted by molar-refractivity contribution is -0.141. The molecule has 2 amide bonds. The van der Waals surface area contributed by atoms with Gasteiger partial charge in [-0.05, 0) is 45.4 Å². The van der Waals surface area contributed by atoms with Crippen LogP contribution in [-0.4, -0.2) is 54.9 Å². The van der Waals surface area contributed by atoms with Crippen LogP contribution >= 0.6 is 0 Å². The third-order valence-corrected chi connectivity index (χ3v) is 7.93. The van der Waals surface area contributed by atoms with Gasteiger partial charge in [-0.25, -0.2) is 18.0 Å². The summed E-state index contributed by atoms with van der Waals surface area (Å²) >= 11 is 0. The average molecular weight is 517 g/mol. The molecule has 2 aromatic carbocycles. The molecule has 0 saturated carbocycles. The number of benzene rings is 2. The Bertz CT molecular complexity index is 1190.